The predicted octanol–water partition coefficient (Wildman–Crippen LogP) is 11.6. The van der Waals surface area contributed by atoms with Crippen LogP contribution in [0.15, 0.2) is 211 Å². The summed E-state index contributed by atoms with van der Waals surface area (Å²) in [5.41, 5.74) is 9.26. The number of nitrogens with zero attached hydrogens (tertiary/aromatic N) is 4. The lowest BCUT2D eigenvalue weighted by atomic mass is 10.1. The molecule has 0 aliphatic rings. The molecule has 12 aromatic rings. The molecule has 0 aliphatic heterocycles. The van der Waals surface area contributed by atoms with Crippen LogP contribution in [-0.4, -0.2) is 17.2 Å². The fourth-order valence-corrected chi connectivity index (χ4v) is 14.8. The molecule has 0 N–H and O–H groups in total. The van der Waals surface area contributed by atoms with Crippen LogP contribution in [0.1, 0.15) is 5.56 Å². The Balaban J connectivity index is 1.09. The first-order valence-electron chi connectivity index (χ1n) is 20.7. The van der Waals surface area contributed by atoms with Gasteiger partial charge in [0.2, 0.25) is 0 Å². The average molecular weight is 807 g/mol. The number of para-hydroxylation sites is 2. The van der Waals surface area contributed by atoms with Gasteiger partial charge in [0.1, 0.15) is 11.2 Å². The number of aromatic nitrogens is 2. The van der Waals surface area contributed by atoms with Gasteiger partial charge in [-0.25, -0.2) is 4.85 Å². The van der Waals surface area contributed by atoms with Crippen molar-refractivity contribution in [2.24, 2.45) is 0 Å². The highest BCUT2D eigenvalue weighted by Crippen LogP contribution is 2.40. The molecular weight excluding hydrogens is 773 g/mol. The molecule has 0 aliphatic carbocycles. The van der Waals surface area contributed by atoms with Crippen LogP contribution in [0.4, 0.5) is 5.69 Å². The van der Waals surface area contributed by atoms with Crippen LogP contribution in [0.3, 0.4) is 0 Å². The second-order valence-electron chi connectivity index (χ2n) is 15.9. The van der Waals surface area contributed by atoms with Crippen molar-refractivity contribution in [3.8, 4) is 17.4 Å². The predicted molar refractivity (Wildman–Crippen MR) is 257 cm³/mol. The average Bonchev–Trinajstić information content (AvgIpc) is 4.00. The summed E-state index contributed by atoms with van der Waals surface area (Å²) >= 11 is 0. The first kappa shape index (κ1) is 35.5. The molecule has 0 bridgehead atoms. The van der Waals surface area contributed by atoms with Crippen molar-refractivity contribution in [2.45, 2.75) is 0 Å². The zero-order valence-electron chi connectivity index (χ0n) is 33.3. The van der Waals surface area contributed by atoms with Gasteiger partial charge in [0.25, 0.3) is 0 Å². The van der Waals surface area contributed by atoms with Crippen molar-refractivity contribution in [1.29, 1.82) is 5.26 Å². The van der Waals surface area contributed by atoms with Gasteiger partial charge in [-0.3, -0.25) is 0 Å². The molecule has 0 fully saturated rings. The maximum atomic E-state index is 9.87. The molecule has 0 spiro atoms. The van der Waals surface area contributed by atoms with Crippen molar-refractivity contribution in [1.82, 2.24) is 9.13 Å². The van der Waals surface area contributed by atoms with Gasteiger partial charge in [-0.1, -0.05) is 127 Å². The Morgan fingerprint density at radius 2 is 1.05 bits per heavy atom. The van der Waals surface area contributed by atoms with Crippen LogP contribution in [0.2, 0.25) is 0 Å². The molecule has 5 nitrogen and oxygen atoms in total. The summed E-state index contributed by atoms with van der Waals surface area (Å²) in [7, 11) is -3.00. The molecule has 3 heterocycles. The summed E-state index contributed by atoms with van der Waals surface area (Å²) in [6, 6.07) is 75.7. The molecule has 0 amide bonds. The van der Waals surface area contributed by atoms with Gasteiger partial charge in [0.05, 0.1) is 45.7 Å². The lowest BCUT2D eigenvalue weighted by Crippen LogP contribution is -2.74. The molecule has 0 saturated carbocycles. The van der Waals surface area contributed by atoms with Gasteiger partial charge in [-0.2, -0.15) is 5.26 Å². The molecule has 0 unspecified atom stereocenters. The minimum Gasteiger partial charge on any atom is -0.455 e. The molecule has 12 rings (SSSR count). The Morgan fingerprint density at radius 1 is 0.452 bits per heavy atom. The third kappa shape index (κ3) is 5.12. The van der Waals surface area contributed by atoms with Crippen molar-refractivity contribution in [2.75, 3.05) is 0 Å². The number of hydrogen-bond donors (Lipinski definition) is 0. The van der Waals surface area contributed by atoms with Crippen LogP contribution in [0.25, 0.3) is 81.8 Å². The van der Waals surface area contributed by atoms with E-state index >= 15 is 0 Å². The van der Waals surface area contributed by atoms with E-state index in [1.165, 1.54) is 20.7 Å². The summed E-state index contributed by atoms with van der Waals surface area (Å²) in [6.45, 7) is 7.76. The van der Waals surface area contributed by atoms with E-state index in [1.54, 1.807) is 0 Å². The summed E-state index contributed by atoms with van der Waals surface area (Å²) in [4.78, 5) is 3.75. The molecule has 6 heteroatoms. The molecule has 3 aromatic heterocycles. The second kappa shape index (κ2) is 13.8. The summed E-state index contributed by atoms with van der Waals surface area (Å²) < 4.78 is 11.3. The molecule has 288 valence electrons. The normalized spacial score (nSPS) is 11.8. The number of fused-ring (bicyclic) bond motifs is 10. The quantitative estimate of drug-likeness (QED) is 0.0955. The maximum Gasteiger partial charge on any atom is 0.188 e. The van der Waals surface area contributed by atoms with Crippen LogP contribution >= 0.6 is 0 Å². The number of nitriles is 1. The fourth-order valence-electron chi connectivity index (χ4n) is 10.1. The number of furan rings is 1. The van der Waals surface area contributed by atoms with Crippen molar-refractivity contribution in [3.63, 3.8) is 0 Å². The molecular formula is C56H34N4OSi. The van der Waals surface area contributed by atoms with Gasteiger partial charge in [-0.15, -0.1) is 0 Å². The van der Waals surface area contributed by atoms with E-state index in [0.717, 1.165) is 76.9 Å². The van der Waals surface area contributed by atoms with E-state index in [-0.39, 0.29) is 0 Å². The van der Waals surface area contributed by atoms with E-state index in [4.69, 9.17) is 11.0 Å². The van der Waals surface area contributed by atoms with Crippen molar-refractivity contribution >= 4 is 100 Å². The first-order chi connectivity index (χ1) is 30.6. The van der Waals surface area contributed by atoms with E-state index < -0.39 is 8.07 Å². The fraction of sp³-hybridized carbons (Fsp3) is 0. The largest absolute Gasteiger partial charge is 0.455 e. The SMILES string of the molecule is [C-]#[N+]c1ccc2c(c1)c1cc(C#N)ccc1n2-c1cccc([Si](c2ccccc2)(c2ccccc2)c2ccc(-n3c4ccccc4c4c5oc6ccccc6c5ccc43)cc2)c1. The highest BCUT2D eigenvalue weighted by atomic mass is 28.3. The highest BCUT2D eigenvalue weighted by Gasteiger charge is 2.41. The molecule has 62 heavy (non-hydrogen) atoms. The number of hydrogen-bond acceptors (Lipinski definition) is 2. The van der Waals surface area contributed by atoms with Gasteiger partial charge in [0.15, 0.2) is 13.8 Å². The van der Waals surface area contributed by atoms with Gasteiger partial charge in [0, 0.05) is 32.9 Å². The molecule has 0 saturated heterocycles. The minimum atomic E-state index is -3.00. The minimum absolute atomic E-state index is 0.569. The van der Waals surface area contributed by atoms with Crippen LogP contribution in [0, 0.1) is 17.9 Å². The summed E-state index contributed by atoms with van der Waals surface area (Å²) in [6.07, 6.45) is 0. The van der Waals surface area contributed by atoms with E-state index in [1.807, 2.05) is 48.5 Å². The van der Waals surface area contributed by atoms with Crippen molar-refractivity contribution in [3.05, 3.63) is 223 Å². The smallest absolute Gasteiger partial charge is 0.188 e. The van der Waals surface area contributed by atoms with E-state index in [2.05, 4.69) is 178 Å². The highest BCUT2D eigenvalue weighted by molar-refractivity contribution is 7.19. The Kier molecular flexibility index (Phi) is 7.92. The molecule has 0 radical (unpaired) electrons. The third-order valence-corrected chi connectivity index (χ3v) is 17.5. The molecule has 9 aromatic carbocycles. The number of benzene rings is 9. The van der Waals surface area contributed by atoms with Crippen LogP contribution < -0.4 is 20.7 Å². The van der Waals surface area contributed by atoms with E-state index in [9.17, 15) is 5.26 Å². The topological polar surface area (TPSA) is 51.1 Å². The molecule has 0 atom stereocenters. The van der Waals surface area contributed by atoms with Crippen molar-refractivity contribution < 1.29 is 4.42 Å². The monoisotopic (exact) mass is 806 g/mol. The zero-order valence-corrected chi connectivity index (χ0v) is 34.3. The lowest BCUT2D eigenvalue weighted by molar-refractivity contribution is 0.673. The Morgan fingerprint density at radius 3 is 1.79 bits per heavy atom. The third-order valence-electron chi connectivity index (χ3n) is 12.7. The first-order valence-corrected chi connectivity index (χ1v) is 22.7. The summed E-state index contributed by atoms with van der Waals surface area (Å²) in [5.74, 6) is 0. The second-order valence-corrected chi connectivity index (χ2v) is 19.7. The Labute approximate surface area is 358 Å². The van der Waals surface area contributed by atoms with Gasteiger partial charge in [-0.05, 0) is 105 Å². The Hall–Kier alpha value is -8.42. The van der Waals surface area contributed by atoms with Crippen LogP contribution in [0.5, 0.6) is 0 Å². The van der Waals surface area contributed by atoms with Gasteiger partial charge >= 0.3 is 0 Å². The number of rotatable bonds is 6. The van der Waals surface area contributed by atoms with E-state index in [0.29, 0.717) is 11.3 Å². The zero-order chi connectivity index (χ0) is 41.4. The Bertz CT molecular complexity index is 3720. The van der Waals surface area contributed by atoms with Crippen LogP contribution in [-0.2, 0) is 0 Å². The summed E-state index contributed by atoms with van der Waals surface area (Å²) in [5, 5.41) is 21.4. The van der Waals surface area contributed by atoms with Gasteiger partial charge < -0.3 is 13.6 Å². The lowest BCUT2D eigenvalue weighted by Gasteiger charge is -2.35. The standard InChI is InChI=1S/C56H34N4OSi/c1-58-38-24-31-52-49(34-38)48-33-37(36-57)23-30-51(48)60(52)40-13-12-18-44(35-40)62(41-14-4-2-5-15-41,42-16-6-3-7-17-42)43-27-25-39(26-28-43)59-50-21-10-8-20-47(50)55-53(59)32-29-46-45-19-9-11-22-54(45)61-56(46)55/h2-35H. The maximum absolute atomic E-state index is 9.87.